The largest absolute Gasteiger partial charge is 0.460 e. The van der Waals surface area contributed by atoms with Crippen LogP contribution in [-0.4, -0.2) is 9.42 Å². The number of furan rings is 1. The number of rotatable bonds is 3. The van der Waals surface area contributed by atoms with E-state index >= 15 is 0 Å². The lowest BCUT2D eigenvalue weighted by molar-refractivity contribution is 0.250. The second-order valence-corrected chi connectivity index (χ2v) is 3.99. The molecule has 0 aliphatic heterocycles. The molecule has 1 aromatic carbocycles. The molecule has 2 rings (SSSR count). The van der Waals surface area contributed by atoms with Gasteiger partial charge in [-0.15, -0.1) is 4.89 Å². The Morgan fingerprint density at radius 1 is 1.43 bits per heavy atom. The average Bonchev–Trinajstić information content (AvgIpc) is 2.59. The summed E-state index contributed by atoms with van der Waals surface area (Å²) in [7, 11) is -1.49. The molecule has 0 fully saturated rings. The van der Waals surface area contributed by atoms with Gasteiger partial charge in [-0.05, 0) is 12.1 Å². The molecule has 1 aromatic heterocycles. The van der Waals surface area contributed by atoms with Crippen molar-refractivity contribution in [2.45, 2.75) is 5.75 Å². The Morgan fingerprint density at radius 3 is 2.93 bits per heavy atom. The molecule has 0 saturated carbocycles. The van der Waals surface area contributed by atoms with Gasteiger partial charge in [0, 0.05) is 5.39 Å². The Kier molecular flexibility index (Phi) is 2.62. The van der Waals surface area contributed by atoms with Crippen molar-refractivity contribution in [2.75, 3.05) is 0 Å². The molecule has 14 heavy (non-hydrogen) atoms. The van der Waals surface area contributed by atoms with Gasteiger partial charge in [-0.25, -0.2) is 4.21 Å². The zero-order valence-corrected chi connectivity index (χ0v) is 8.08. The maximum atomic E-state index is 10.9. The molecule has 0 spiro atoms. The number of nitrogens with one attached hydrogen (secondary N) is 1. The van der Waals surface area contributed by atoms with Crippen molar-refractivity contribution in [2.24, 2.45) is 0 Å². The van der Waals surface area contributed by atoms with Gasteiger partial charge in [0.05, 0.1) is 5.75 Å². The average molecular weight is 211 g/mol. The van der Waals surface area contributed by atoms with Crippen LogP contribution >= 0.6 is 0 Å². The summed E-state index contributed by atoms with van der Waals surface area (Å²) in [6.45, 7) is 0. The van der Waals surface area contributed by atoms with Crippen LogP contribution in [0.1, 0.15) is 5.76 Å². The number of para-hydroxylation sites is 1. The third-order valence-electron chi connectivity index (χ3n) is 1.85. The fraction of sp³-hybridized carbons (Fsp3) is 0.111. The van der Waals surface area contributed by atoms with Crippen molar-refractivity contribution in [1.82, 2.24) is 4.89 Å². The van der Waals surface area contributed by atoms with Crippen molar-refractivity contribution in [3.63, 3.8) is 0 Å². The summed E-state index contributed by atoms with van der Waals surface area (Å²) in [4.78, 5) is 1.67. The predicted octanol–water partition coefficient (Wildman–Crippen LogP) is 1.58. The topological polar surface area (TPSA) is 62.5 Å². The van der Waals surface area contributed by atoms with Gasteiger partial charge < -0.3 is 9.62 Å². The smallest absolute Gasteiger partial charge is 0.134 e. The molecule has 2 aromatic rings. The van der Waals surface area contributed by atoms with E-state index in [4.69, 9.17) is 9.62 Å². The SMILES string of the molecule is O=S(Cc1cc2ccccc2o1)NO. The summed E-state index contributed by atoms with van der Waals surface area (Å²) in [6, 6.07) is 9.34. The molecule has 1 heterocycles. The van der Waals surface area contributed by atoms with E-state index in [1.54, 1.807) is 4.89 Å². The molecule has 0 bridgehead atoms. The highest BCUT2D eigenvalue weighted by atomic mass is 32.2. The van der Waals surface area contributed by atoms with Crippen LogP contribution in [0.15, 0.2) is 34.7 Å². The van der Waals surface area contributed by atoms with Crippen LogP contribution in [0.3, 0.4) is 0 Å². The van der Waals surface area contributed by atoms with Gasteiger partial charge in [0.15, 0.2) is 0 Å². The van der Waals surface area contributed by atoms with Crippen LogP contribution in [0.25, 0.3) is 11.0 Å². The van der Waals surface area contributed by atoms with E-state index in [1.807, 2.05) is 30.3 Å². The normalized spacial score (nSPS) is 13.2. The molecule has 1 atom stereocenters. The molecule has 74 valence electrons. The maximum absolute atomic E-state index is 10.9. The lowest BCUT2D eigenvalue weighted by Crippen LogP contribution is -2.12. The van der Waals surface area contributed by atoms with Crippen molar-refractivity contribution >= 4 is 22.0 Å². The fourth-order valence-electron chi connectivity index (χ4n) is 1.27. The van der Waals surface area contributed by atoms with Crippen molar-refractivity contribution < 1.29 is 13.8 Å². The third kappa shape index (κ3) is 1.84. The first-order chi connectivity index (χ1) is 6.79. The highest BCUT2D eigenvalue weighted by molar-refractivity contribution is 7.82. The van der Waals surface area contributed by atoms with Crippen LogP contribution in [0.2, 0.25) is 0 Å². The minimum Gasteiger partial charge on any atom is -0.460 e. The van der Waals surface area contributed by atoms with E-state index in [0.29, 0.717) is 5.76 Å². The second kappa shape index (κ2) is 3.91. The third-order valence-corrected chi connectivity index (χ3v) is 2.60. The first-order valence-corrected chi connectivity index (χ1v) is 5.37. The second-order valence-electron chi connectivity index (χ2n) is 2.83. The summed E-state index contributed by atoms with van der Waals surface area (Å²) < 4.78 is 16.3. The van der Waals surface area contributed by atoms with Gasteiger partial charge in [0.2, 0.25) is 0 Å². The van der Waals surface area contributed by atoms with Gasteiger partial charge in [0.25, 0.3) is 0 Å². The minimum atomic E-state index is -1.49. The molecule has 0 aliphatic carbocycles. The van der Waals surface area contributed by atoms with Crippen molar-refractivity contribution in [1.29, 1.82) is 0 Å². The van der Waals surface area contributed by atoms with Gasteiger partial charge in [-0.2, -0.15) is 0 Å². The number of fused-ring (bicyclic) bond motifs is 1. The summed E-state index contributed by atoms with van der Waals surface area (Å²) in [5.74, 6) is 0.747. The first-order valence-electron chi connectivity index (χ1n) is 4.05. The molecule has 0 saturated heterocycles. The Labute approximate surface area is 83.1 Å². The van der Waals surface area contributed by atoms with E-state index in [-0.39, 0.29) is 5.75 Å². The fourth-order valence-corrected chi connectivity index (χ4v) is 1.73. The van der Waals surface area contributed by atoms with E-state index in [9.17, 15) is 4.21 Å². The molecule has 4 nitrogen and oxygen atoms in total. The number of hydrogen-bond donors (Lipinski definition) is 2. The molecule has 0 amide bonds. The summed E-state index contributed by atoms with van der Waals surface area (Å²) in [5, 5.41) is 9.35. The van der Waals surface area contributed by atoms with Crippen LogP contribution in [0, 0.1) is 0 Å². The van der Waals surface area contributed by atoms with E-state index in [0.717, 1.165) is 11.0 Å². The molecule has 5 heteroatoms. The van der Waals surface area contributed by atoms with Crippen LogP contribution < -0.4 is 4.89 Å². The van der Waals surface area contributed by atoms with Crippen molar-refractivity contribution in [3.05, 3.63) is 36.1 Å². The zero-order valence-electron chi connectivity index (χ0n) is 7.27. The van der Waals surface area contributed by atoms with Crippen molar-refractivity contribution in [3.8, 4) is 0 Å². The molecule has 2 N–H and O–H groups in total. The van der Waals surface area contributed by atoms with Crippen LogP contribution in [0.4, 0.5) is 0 Å². The highest BCUT2D eigenvalue weighted by Crippen LogP contribution is 2.19. The Morgan fingerprint density at radius 2 is 2.21 bits per heavy atom. The predicted molar refractivity (Wildman–Crippen MR) is 53.0 cm³/mol. The van der Waals surface area contributed by atoms with E-state index in [2.05, 4.69) is 0 Å². The highest BCUT2D eigenvalue weighted by Gasteiger charge is 2.06. The Hall–Kier alpha value is -1.17. The van der Waals surface area contributed by atoms with Gasteiger partial charge >= 0.3 is 0 Å². The molecular weight excluding hydrogens is 202 g/mol. The zero-order chi connectivity index (χ0) is 9.97. The van der Waals surface area contributed by atoms with E-state index in [1.165, 1.54) is 0 Å². The minimum absolute atomic E-state index is 0.158. The molecule has 0 radical (unpaired) electrons. The van der Waals surface area contributed by atoms with E-state index < -0.39 is 11.0 Å². The van der Waals surface area contributed by atoms with Gasteiger partial charge in [-0.1, -0.05) is 18.2 Å². The standard InChI is InChI=1S/C9H9NO3S/c11-10-14(12)6-8-5-7-3-1-2-4-9(7)13-8/h1-5,10-11H,6H2. The lowest BCUT2D eigenvalue weighted by Gasteiger charge is -1.93. The van der Waals surface area contributed by atoms with Gasteiger partial charge in [-0.3, -0.25) is 0 Å². The summed E-state index contributed by atoms with van der Waals surface area (Å²) >= 11 is 0. The lowest BCUT2D eigenvalue weighted by atomic mass is 10.2. The molecular formula is C9H9NO3S. The number of benzene rings is 1. The monoisotopic (exact) mass is 211 g/mol. The maximum Gasteiger partial charge on any atom is 0.134 e. The first kappa shape index (κ1) is 9.39. The summed E-state index contributed by atoms with van der Waals surface area (Å²) in [5.41, 5.74) is 0.762. The van der Waals surface area contributed by atoms with Crippen LogP contribution in [0.5, 0.6) is 0 Å². The quantitative estimate of drug-likeness (QED) is 0.757. The molecule has 1 unspecified atom stereocenters. The van der Waals surface area contributed by atoms with Gasteiger partial charge in [0.1, 0.15) is 22.3 Å². The Bertz CT molecular complexity index is 433. The van der Waals surface area contributed by atoms with Crippen LogP contribution in [-0.2, 0) is 16.7 Å². The number of hydrogen-bond acceptors (Lipinski definition) is 3. The Balaban J connectivity index is 2.31. The summed E-state index contributed by atoms with van der Waals surface area (Å²) in [6.07, 6.45) is 0. The molecule has 0 aliphatic rings.